The second-order valence-electron chi connectivity index (χ2n) is 6.39. The molecule has 0 unspecified atom stereocenters. The molecule has 0 atom stereocenters. The first-order chi connectivity index (χ1) is 13.0. The first-order valence-corrected chi connectivity index (χ1v) is 8.97. The molecule has 27 heavy (non-hydrogen) atoms. The number of para-hydroxylation sites is 1. The summed E-state index contributed by atoms with van der Waals surface area (Å²) < 4.78 is 20.4. The highest BCUT2D eigenvalue weighted by Crippen LogP contribution is 2.21. The van der Waals surface area contributed by atoms with Gasteiger partial charge in [-0.1, -0.05) is 23.7 Å². The molecule has 140 valence electrons. The van der Waals surface area contributed by atoms with E-state index in [0.717, 1.165) is 0 Å². The Balaban J connectivity index is 1.46. The minimum atomic E-state index is -0.592. The third-order valence-electron chi connectivity index (χ3n) is 4.75. The SMILES string of the molecule is O=C(Cn1c(=O)oc2cc(Cl)ccc21)N1CCN(c2ccccc2F)CC1. The van der Waals surface area contributed by atoms with E-state index in [1.807, 2.05) is 4.90 Å². The monoisotopic (exact) mass is 389 g/mol. The first-order valence-electron chi connectivity index (χ1n) is 8.59. The standard InChI is InChI=1S/C19H17ClFN3O3/c20-13-5-6-16-17(11-13)27-19(26)24(16)12-18(25)23-9-7-22(8-10-23)15-4-2-1-3-14(15)21/h1-6,11H,7-10,12H2. The van der Waals surface area contributed by atoms with E-state index in [9.17, 15) is 14.0 Å². The molecule has 1 aliphatic rings. The molecule has 2 heterocycles. The van der Waals surface area contributed by atoms with Crippen LogP contribution in [0.15, 0.2) is 51.7 Å². The predicted molar refractivity (Wildman–Crippen MR) is 101 cm³/mol. The van der Waals surface area contributed by atoms with Crippen molar-refractivity contribution in [3.8, 4) is 0 Å². The lowest BCUT2D eigenvalue weighted by atomic mass is 10.2. The van der Waals surface area contributed by atoms with Crippen molar-refractivity contribution < 1.29 is 13.6 Å². The van der Waals surface area contributed by atoms with Crippen LogP contribution in [0, 0.1) is 5.82 Å². The van der Waals surface area contributed by atoms with Crippen molar-refractivity contribution in [3.05, 3.63) is 63.9 Å². The van der Waals surface area contributed by atoms with Crippen molar-refractivity contribution in [2.45, 2.75) is 6.54 Å². The predicted octanol–water partition coefficient (Wildman–Crippen LogP) is 2.74. The van der Waals surface area contributed by atoms with E-state index in [2.05, 4.69) is 0 Å². The molecule has 1 aliphatic heterocycles. The van der Waals surface area contributed by atoms with Crippen LogP contribution in [0.25, 0.3) is 11.1 Å². The second kappa shape index (κ2) is 7.08. The summed E-state index contributed by atoms with van der Waals surface area (Å²) in [6.07, 6.45) is 0. The van der Waals surface area contributed by atoms with Gasteiger partial charge in [-0.05, 0) is 24.3 Å². The fourth-order valence-electron chi connectivity index (χ4n) is 3.33. The van der Waals surface area contributed by atoms with Gasteiger partial charge in [0.1, 0.15) is 12.4 Å². The van der Waals surface area contributed by atoms with Gasteiger partial charge in [0, 0.05) is 37.3 Å². The van der Waals surface area contributed by atoms with Gasteiger partial charge in [0.25, 0.3) is 0 Å². The van der Waals surface area contributed by atoms with Gasteiger partial charge in [-0.2, -0.15) is 0 Å². The van der Waals surface area contributed by atoms with Crippen LogP contribution in [0.4, 0.5) is 10.1 Å². The number of carbonyl (C=O) groups excluding carboxylic acids is 1. The van der Waals surface area contributed by atoms with Crippen LogP contribution in [-0.4, -0.2) is 41.6 Å². The molecule has 8 heteroatoms. The Morgan fingerprint density at radius 1 is 1.11 bits per heavy atom. The first kappa shape index (κ1) is 17.6. The molecule has 0 N–H and O–H groups in total. The van der Waals surface area contributed by atoms with Crippen molar-refractivity contribution in [2.24, 2.45) is 0 Å². The van der Waals surface area contributed by atoms with Crippen LogP contribution in [0.3, 0.4) is 0 Å². The van der Waals surface area contributed by atoms with Crippen molar-refractivity contribution in [1.29, 1.82) is 0 Å². The number of aromatic nitrogens is 1. The number of amides is 1. The lowest BCUT2D eigenvalue weighted by Gasteiger charge is -2.36. The highest BCUT2D eigenvalue weighted by molar-refractivity contribution is 6.31. The number of oxazole rings is 1. The average Bonchev–Trinajstić information content (AvgIpc) is 2.96. The molecule has 1 amide bonds. The van der Waals surface area contributed by atoms with Crippen molar-refractivity contribution in [3.63, 3.8) is 0 Å². The Bertz CT molecular complexity index is 1050. The zero-order valence-electron chi connectivity index (χ0n) is 14.4. The van der Waals surface area contributed by atoms with Gasteiger partial charge < -0.3 is 14.2 Å². The number of halogens is 2. The van der Waals surface area contributed by atoms with E-state index >= 15 is 0 Å². The van der Waals surface area contributed by atoms with E-state index in [0.29, 0.717) is 48.0 Å². The molecule has 1 saturated heterocycles. The molecular weight excluding hydrogens is 373 g/mol. The molecular formula is C19H17ClFN3O3. The van der Waals surface area contributed by atoms with E-state index in [1.165, 1.54) is 10.6 Å². The zero-order valence-corrected chi connectivity index (χ0v) is 15.2. The number of benzene rings is 2. The number of fused-ring (bicyclic) bond motifs is 1. The summed E-state index contributed by atoms with van der Waals surface area (Å²) in [5.74, 6) is -1.04. The Morgan fingerprint density at radius 2 is 1.85 bits per heavy atom. The number of hydrogen-bond acceptors (Lipinski definition) is 4. The lowest BCUT2D eigenvalue weighted by Crippen LogP contribution is -2.50. The van der Waals surface area contributed by atoms with Crippen LogP contribution in [-0.2, 0) is 11.3 Å². The summed E-state index contributed by atoms with van der Waals surface area (Å²) in [6, 6.07) is 11.5. The van der Waals surface area contributed by atoms with Gasteiger partial charge in [0.2, 0.25) is 5.91 Å². The third-order valence-corrected chi connectivity index (χ3v) is 4.98. The molecule has 0 radical (unpaired) electrons. The van der Waals surface area contributed by atoms with E-state index in [1.54, 1.807) is 41.3 Å². The van der Waals surface area contributed by atoms with Gasteiger partial charge in [0.15, 0.2) is 5.58 Å². The summed E-state index contributed by atoms with van der Waals surface area (Å²) in [4.78, 5) is 28.3. The van der Waals surface area contributed by atoms with Crippen molar-refractivity contribution in [1.82, 2.24) is 9.47 Å². The van der Waals surface area contributed by atoms with Crippen molar-refractivity contribution in [2.75, 3.05) is 31.1 Å². The maximum atomic E-state index is 13.9. The molecule has 0 spiro atoms. The Labute approximate surface area is 159 Å². The Hall–Kier alpha value is -2.80. The minimum absolute atomic E-state index is 0.104. The number of carbonyl (C=O) groups is 1. The molecule has 4 rings (SSSR count). The highest BCUT2D eigenvalue weighted by atomic mass is 35.5. The number of hydrogen-bond donors (Lipinski definition) is 0. The lowest BCUT2D eigenvalue weighted by molar-refractivity contribution is -0.132. The molecule has 6 nitrogen and oxygen atoms in total. The number of nitrogens with zero attached hydrogens (tertiary/aromatic N) is 3. The largest absolute Gasteiger partial charge is 0.420 e. The van der Waals surface area contributed by atoms with E-state index < -0.39 is 5.76 Å². The Morgan fingerprint density at radius 3 is 2.59 bits per heavy atom. The molecule has 3 aromatic rings. The summed E-state index contributed by atoms with van der Waals surface area (Å²) in [7, 11) is 0. The average molecular weight is 390 g/mol. The Kier molecular flexibility index (Phi) is 4.61. The van der Waals surface area contributed by atoms with Gasteiger partial charge in [-0.3, -0.25) is 9.36 Å². The number of piperazine rings is 1. The zero-order chi connectivity index (χ0) is 19.0. The maximum absolute atomic E-state index is 13.9. The van der Waals surface area contributed by atoms with Gasteiger partial charge in [0.05, 0.1) is 11.2 Å². The van der Waals surface area contributed by atoms with E-state index in [4.69, 9.17) is 16.0 Å². The molecule has 0 aliphatic carbocycles. The molecule has 0 bridgehead atoms. The van der Waals surface area contributed by atoms with Gasteiger partial charge in [-0.25, -0.2) is 9.18 Å². The molecule has 1 aromatic heterocycles. The van der Waals surface area contributed by atoms with Crippen LogP contribution in [0.5, 0.6) is 0 Å². The van der Waals surface area contributed by atoms with Crippen LogP contribution in [0.2, 0.25) is 5.02 Å². The summed E-state index contributed by atoms with van der Waals surface area (Å²) in [5.41, 5.74) is 1.42. The second-order valence-corrected chi connectivity index (χ2v) is 6.82. The summed E-state index contributed by atoms with van der Waals surface area (Å²) in [5, 5.41) is 0.457. The number of anilines is 1. The van der Waals surface area contributed by atoms with Gasteiger partial charge in [-0.15, -0.1) is 0 Å². The van der Waals surface area contributed by atoms with Crippen LogP contribution < -0.4 is 10.7 Å². The quantitative estimate of drug-likeness (QED) is 0.691. The molecule has 0 saturated carbocycles. The summed E-state index contributed by atoms with van der Waals surface area (Å²) in [6.45, 7) is 1.88. The fourth-order valence-corrected chi connectivity index (χ4v) is 3.49. The normalized spacial score (nSPS) is 14.7. The topological polar surface area (TPSA) is 58.7 Å². The van der Waals surface area contributed by atoms with Crippen molar-refractivity contribution >= 4 is 34.3 Å². The minimum Gasteiger partial charge on any atom is -0.408 e. The summed E-state index contributed by atoms with van der Waals surface area (Å²) >= 11 is 5.91. The highest BCUT2D eigenvalue weighted by Gasteiger charge is 2.24. The third kappa shape index (κ3) is 3.42. The van der Waals surface area contributed by atoms with Gasteiger partial charge >= 0.3 is 5.76 Å². The van der Waals surface area contributed by atoms with Crippen LogP contribution >= 0.6 is 11.6 Å². The smallest absolute Gasteiger partial charge is 0.408 e. The fraction of sp³-hybridized carbons (Fsp3) is 0.263. The van der Waals surface area contributed by atoms with Crippen LogP contribution in [0.1, 0.15) is 0 Å². The molecule has 2 aromatic carbocycles. The van der Waals surface area contributed by atoms with E-state index in [-0.39, 0.29) is 18.3 Å². The maximum Gasteiger partial charge on any atom is 0.420 e. The number of rotatable bonds is 3. The molecule has 1 fully saturated rings.